The van der Waals surface area contributed by atoms with Crippen LogP contribution in [0.4, 0.5) is 5.69 Å². The van der Waals surface area contributed by atoms with Gasteiger partial charge in [-0.2, -0.15) is 5.56 Å². The van der Waals surface area contributed by atoms with Gasteiger partial charge in [0.15, 0.2) is 0 Å². The van der Waals surface area contributed by atoms with Crippen LogP contribution in [0.3, 0.4) is 0 Å². The Morgan fingerprint density at radius 1 is 1.04 bits per heavy atom. The summed E-state index contributed by atoms with van der Waals surface area (Å²) in [4.78, 5) is 11.2. The Balaban J connectivity index is 0.00000169. The van der Waals surface area contributed by atoms with Gasteiger partial charge in [0, 0.05) is 5.69 Å². The van der Waals surface area contributed by atoms with Gasteiger partial charge in [-0.1, -0.05) is 18.2 Å². The first-order valence-electron chi connectivity index (χ1n) is 7.89. The Hall–Kier alpha value is -1.89. The monoisotopic (exact) mass is 313 g/mol. The van der Waals surface area contributed by atoms with E-state index < -0.39 is 0 Å². The second-order valence-electron chi connectivity index (χ2n) is 6.85. The standard InChI is InChI=1S/C19H20N3O.Li/c1-18(2)13-23-17(21-18)19(3)16(14-9-11-20-12-10-14)22(19)15-7-5-4-6-8-15;/h4-12H,13H2,1-3H3;/q-1;+1/t19-,22?;/m1./s1. The van der Waals surface area contributed by atoms with Gasteiger partial charge >= 0.3 is 18.9 Å². The molecule has 0 saturated carbocycles. The minimum Gasteiger partial charge on any atom is -0.477 e. The van der Waals surface area contributed by atoms with Crippen molar-refractivity contribution in [2.75, 3.05) is 11.5 Å². The summed E-state index contributed by atoms with van der Waals surface area (Å²) >= 11 is 0. The van der Waals surface area contributed by atoms with E-state index in [-0.39, 0.29) is 29.9 Å². The van der Waals surface area contributed by atoms with Gasteiger partial charge in [-0.3, -0.25) is 4.98 Å². The molecule has 1 atom stereocenters. The first kappa shape index (κ1) is 16.9. The maximum Gasteiger partial charge on any atom is 1.00 e. The van der Waals surface area contributed by atoms with Gasteiger partial charge in [0.25, 0.3) is 0 Å². The quantitative estimate of drug-likeness (QED) is 0.469. The Bertz CT molecular complexity index is 700. The molecule has 2 aliphatic rings. The van der Waals surface area contributed by atoms with Crippen molar-refractivity contribution in [3.8, 4) is 0 Å². The molecule has 2 aliphatic heterocycles. The van der Waals surface area contributed by atoms with E-state index in [4.69, 9.17) is 9.73 Å². The molecule has 3 heterocycles. The molecule has 0 aliphatic carbocycles. The molecule has 1 aromatic heterocycles. The number of anilines is 1. The molecule has 118 valence electrons. The first-order valence-corrected chi connectivity index (χ1v) is 7.89. The number of ether oxygens (including phenoxy) is 1. The van der Waals surface area contributed by atoms with Crippen LogP contribution in [0.2, 0.25) is 0 Å². The van der Waals surface area contributed by atoms with E-state index in [0.717, 1.165) is 17.1 Å². The van der Waals surface area contributed by atoms with Gasteiger partial charge in [-0.05, 0) is 51.3 Å². The minimum absolute atomic E-state index is 0. The molecule has 1 aromatic carbocycles. The molecule has 0 bridgehead atoms. The molecular formula is C19H20LiN3O. The molecule has 5 heteroatoms. The van der Waals surface area contributed by atoms with Crippen LogP contribution in [-0.2, 0) is 4.74 Å². The van der Waals surface area contributed by atoms with E-state index in [1.54, 1.807) is 0 Å². The summed E-state index contributed by atoms with van der Waals surface area (Å²) in [5.74, 6) is 0.804. The Labute approximate surface area is 155 Å². The number of rotatable bonds is 3. The third-order valence-electron chi connectivity index (χ3n) is 4.43. The summed E-state index contributed by atoms with van der Waals surface area (Å²) in [5, 5.41) is 0. The summed E-state index contributed by atoms with van der Waals surface area (Å²) in [6, 6.07) is 15.7. The molecule has 0 N–H and O–H groups in total. The van der Waals surface area contributed by atoms with Crippen molar-refractivity contribution in [2.45, 2.75) is 31.8 Å². The number of para-hydroxylation sites is 1. The average Bonchev–Trinajstić information content (AvgIpc) is 3.03. The number of pyridine rings is 1. The molecule has 1 saturated heterocycles. The number of nitrogens with zero attached hydrogens (tertiary/aromatic N) is 3. The van der Waals surface area contributed by atoms with Crippen molar-refractivity contribution >= 4 is 11.6 Å². The van der Waals surface area contributed by atoms with Crippen molar-refractivity contribution in [2.24, 2.45) is 4.99 Å². The van der Waals surface area contributed by atoms with Gasteiger partial charge in [0.1, 0.15) is 12.1 Å². The van der Waals surface area contributed by atoms with Crippen LogP contribution in [0.5, 0.6) is 0 Å². The maximum absolute atomic E-state index is 5.97. The summed E-state index contributed by atoms with van der Waals surface area (Å²) in [7, 11) is 0. The molecule has 1 fully saturated rings. The van der Waals surface area contributed by atoms with Crippen molar-refractivity contribution in [1.82, 2.24) is 4.98 Å². The predicted molar refractivity (Wildman–Crippen MR) is 91.4 cm³/mol. The second-order valence-corrected chi connectivity index (χ2v) is 6.85. The van der Waals surface area contributed by atoms with Crippen LogP contribution >= 0.6 is 0 Å². The number of aliphatic imine (C=N–C) groups is 1. The summed E-state index contributed by atoms with van der Waals surface area (Å²) < 4.78 is 5.97. The van der Waals surface area contributed by atoms with E-state index in [9.17, 15) is 0 Å². The molecule has 24 heavy (non-hydrogen) atoms. The third kappa shape index (κ3) is 2.60. The first-order chi connectivity index (χ1) is 11.0. The topological polar surface area (TPSA) is 37.5 Å². The SMILES string of the molecule is CC1(C)COC([C@@]2(C)[C-](c3ccncc3)N2c2ccccc2)=N1.[Li+]. The summed E-state index contributed by atoms with van der Waals surface area (Å²) in [5.41, 5.74) is 1.82. The normalized spacial score (nSPS) is 24.0. The second kappa shape index (κ2) is 5.88. The molecule has 0 amide bonds. The summed E-state index contributed by atoms with van der Waals surface area (Å²) in [6.45, 7) is 7.01. The average molecular weight is 313 g/mol. The van der Waals surface area contributed by atoms with Gasteiger partial charge in [0.2, 0.25) is 5.90 Å². The van der Waals surface area contributed by atoms with Crippen LogP contribution in [0.25, 0.3) is 0 Å². The zero-order valence-electron chi connectivity index (χ0n) is 14.7. The Morgan fingerprint density at radius 2 is 1.71 bits per heavy atom. The fraction of sp³-hybridized carbons (Fsp3) is 0.316. The number of hydrogen-bond acceptors (Lipinski definition) is 4. The summed E-state index contributed by atoms with van der Waals surface area (Å²) in [6.07, 6.45) is 3.65. The fourth-order valence-electron chi connectivity index (χ4n) is 3.25. The van der Waals surface area contributed by atoms with Gasteiger partial charge < -0.3 is 9.64 Å². The zero-order chi connectivity index (χ0) is 16.1. The van der Waals surface area contributed by atoms with Crippen molar-refractivity contribution < 1.29 is 23.6 Å². The Kier molecular flexibility index (Phi) is 4.15. The van der Waals surface area contributed by atoms with Crippen molar-refractivity contribution in [1.29, 1.82) is 0 Å². The van der Waals surface area contributed by atoms with E-state index in [0.29, 0.717) is 6.61 Å². The van der Waals surface area contributed by atoms with Crippen molar-refractivity contribution in [3.63, 3.8) is 0 Å². The van der Waals surface area contributed by atoms with Crippen LogP contribution < -0.4 is 23.8 Å². The molecule has 0 spiro atoms. The predicted octanol–water partition coefficient (Wildman–Crippen LogP) is 0.452. The van der Waals surface area contributed by atoms with E-state index in [2.05, 4.69) is 54.9 Å². The van der Waals surface area contributed by atoms with Gasteiger partial charge in [0.05, 0.1) is 5.54 Å². The molecule has 0 radical (unpaired) electrons. The van der Waals surface area contributed by atoms with E-state index in [1.165, 1.54) is 6.04 Å². The third-order valence-corrected chi connectivity index (χ3v) is 4.43. The van der Waals surface area contributed by atoms with Gasteiger partial charge in [-0.15, -0.1) is 12.1 Å². The largest absolute Gasteiger partial charge is 1.00 e. The van der Waals surface area contributed by atoms with Crippen LogP contribution in [0, 0.1) is 6.04 Å². The van der Waals surface area contributed by atoms with E-state index in [1.807, 2.05) is 30.6 Å². The van der Waals surface area contributed by atoms with E-state index >= 15 is 0 Å². The van der Waals surface area contributed by atoms with Crippen molar-refractivity contribution in [3.05, 3.63) is 66.5 Å². The van der Waals surface area contributed by atoms with Crippen LogP contribution in [-0.4, -0.2) is 28.6 Å². The zero-order valence-corrected chi connectivity index (χ0v) is 14.7. The number of hydrogen-bond donors (Lipinski definition) is 0. The Morgan fingerprint density at radius 3 is 2.29 bits per heavy atom. The maximum atomic E-state index is 5.97. The molecule has 4 rings (SSSR count). The van der Waals surface area contributed by atoms with Gasteiger partial charge in [-0.25, -0.2) is 4.99 Å². The molecule has 2 aromatic rings. The number of benzene rings is 1. The number of aromatic nitrogens is 1. The molecule has 4 nitrogen and oxygen atoms in total. The molecular weight excluding hydrogens is 293 g/mol. The molecule has 0 unspecified atom stereocenters. The smallest absolute Gasteiger partial charge is 0.477 e. The fourth-order valence-corrected chi connectivity index (χ4v) is 3.25. The minimum atomic E-state index is -0.323. The van der Waals surface area contributed by atoms with Crippen LogP contribution in [0.15, 0.2) is 59.9 Å². The van der Waals surface area contributed by atoms with Crippen LogP contribution in [0.1, 0.15) is 26.3 Å².